The first-order chi connectivity index (χ1) is 8.76. The number of aryl methyl sites for hydroxylation is 2. The Morgan fingerprint density at radius 1 is 1.17 bits per heavy atom. The van der Waals surface area contributed by atoms with E-state index in [-0.39, 0.29) is 0 Å². The van der Waals surface area contributed by atoms with Gasteiger partial charge in [0.15, 0.2) is 0 Å². The van der Waals surface area contributed by atoms with Gasteiger partial charge in [-0.25, -0.2) is 0 Å². The van der Waals surface area contributed by atoms with Crippen molar-refractivity contribution < 1.29 is 0 Å². The Kier molecular flexibility index (Phi) is 4.79. The molecule has 1 aromatic carbocycles. The quantitative estimate of drug-likeness (QED) is 0.746. The topological polar surface area (TPSA) is 12.0 Å². The Hall–Kier alpha value is -0.860. The van der Waals surface area contributed by atoms with Crippen molar-refractivity contribution in [2.75, 3.05) is 6.54 Å². The fourth-order valence-electron chi connectivity index (χ4n) is 2.36. The molecule has 0 fully saturated rings. The zero-order chi connectivity index (χ0) is 13.0. The third-order valence-electron chi connectivity index (χ3n) is 3.24. The molecule has 1 heterocycles. The zero-order valence-corrected chi connectivity index (χ0v) is 12.5. The molecule has 0 saturated heterocycles. The molecule has 2 aromatic rings. The van der Waals surface area contributed by atoms with Crippen molar-refractivity contribution in [1.82, 2.24) is 5.32 Å². The van der Waals surface area contributed by atoms with E-state index >= 15 is 0 Å². The van der Waals surface area contributed by atoms with E-state index in [1.54, 1.807) is 5.56 Å². The van der Waals surface area contributed by atoms with Gasteiger partial charge in [-0.1, -0.05) is 38.0 Å². The lowest BCUT2D eigenvalue weighted by Gasteiger charge is -2.05. The van der Waals surface area contributed by atoms with Crippen molar-refractivity contribution in [1.29, 1.82) is 0 Å². The van der Waals surface area contributed by atoms with Gasteiger partial charge >= 0.3 is 0 Å². The van der Waals surface area contributed by atoms with Crippen molar-refractivity contribution >= 4 is 21.4 Å². The van der Waals surface area contributed by atoms with Gasteiger partial charge in [-0.05, 0) is 43.3 Å². The summed E-state index contributed by atoms with van der Waals surface area (Å²) in [7, 11) is 0. The molecular formula is C16H23NS. The van der Waals surface area contributed by atoms with E-state index in [0.717, 1.165) is 13.1 Å². The van der Waals surface area contributed by atoms with Crippen LogP contribution in [0.3, 0.4) is 0 Å². The molecule has 0 aliphatic carbocycles. The predicted octanol–water partition coefficient (Wildman–Crippen LogP) is 4.66. The Morgan fingerprint density at radius 3 is 2.72 bits per heavy atom. The van der Waals surface area contributed by atoms with Crippen LogP contribution in [0.25, 0.3) is 10.1 Å². The number of thiophene rings is 1. The lowest BCUT2D eigenvalue weighted by atomic mass is 10.0. The normalized spacial score (nSPS) is 11.3. The van der Waals surface area contributed by atoms with Gasteiger partial charge in [0.2, 0.25) is 0 Å². The Labute approximate surface area is 114 Å². The van der Waals surface area contributed by atoms with Crippen molar-refractivity contribution in [2.24, 2.45) is 0 Å². The van der Waals surface area contributed by atoms with E-state index in [1.165, 1.54) is 39.8 Å². The summed E-state index contributed by atoms with van der Waals surface area (Å²) >= 11 is 1.96. The van der Waals surface area contributed by atoms with Crippen LogP contribution in [0, 0.1) is 6.92 Å². The zero-order valence-electron chi connectivity index (χ0n) is 11.7. The van der Waals surface area contributed by atoms with Gasteiger partial charge in [0, 0.05) is 16.1 Å². The van der Waals surface area contributed by atoms with Crippen LogP contribution in [0.15, 0.2) is 18.2 Å². The van der Waals surface area contributed by atoms with Gasteiger partial charge in [0.1, 0.15) is 0 Å². The van der Waals surface area contributed by atoms with E-state index in [9.17, 15) is 0 Å². The van der Waals surface area contributed by atoms with Crippen molar-refractivity contribution in [3.63, 3.8) is 0 Å². The lowest BCUT2D eigenvalue weighted by molar-refractivity contribution is 0.677. The number of nitrogens with one attached hydrogen (secondary N) is 1. The maximum Gasteiger partial charge on any atom is 0.0349 e. The molecule has 0 atom stereocenters. The van der Waals surface area contributed by atoms with E-state index in [2.05, 4.69) is 44.3 Å². The average Bonchev–Trinajstić information content (AvgIpc) is 2.68. The van der Waals surface area contributed by atoms with Crippen LogP contribution in [0.4, 0.5) is 0 Å². The Bertz CT molecular complexity index is 513. The molecule has 0 bridgehead atoms. The van der Waals surface area contributed by atoms with Crippen LogP contribution in [-0.2, 0) is 13.0 Å². The van der Waals surface area contributed by atoms with Crippen molar-refractivity contribution in [3.05, 3.63) is 34.2 Å². The smallest absolute Gasteiger partial charge is 0.0349 e. The summed E-state index contributed by atoms with van der Waals surface area (Å²) in [5.74, 6) is 0. The Morgan fingerprint density at radius 2 is 2.00 bits per heavy atom. The summed E-state index contributed by atoms with van der Waals surface area (Å²) < 4.78 is 1.44. The van der Waals surface area contributed by atoms with Crippen LogP contribution in [0.5, 0.6) is 0 Å². The molecule has 1 nitrogen and oxygen atoms in total. The van der Waals surface area contributed by atoms with Gasteiger partial charge in [0.05, 0.1) is 0 Å². The molecule has 2 rings (SSSR count). The summed E-state index contributed by atoms with van der Waals surface area (Å²) in [6.07, 6.45) is 3.63. The third kappa shape index (κ3) is 2.93. The van der Waals surface area contributed by atoms with Crippen LogP contribution >= 0.6 is 11.3 Å². The third-order valence-corrected chi connectivity index (χ3v) is 4.46. The second-order valence-electron chi connectivity index (χ2n) is 4.93. The SMILES string of the molecule is CCCNCc1sc2ccc(C)cc2c1CCC. The first kappa shape index (κ1) is 13.6. The standard InChI is InChI=1S/C16H23NS/c1-4-6-13-14-10-12(3)7-8-15(14)18-16(13)11-17-9-5-2/h7-8,10,17H,4-6,9,11H2,1-3H3. The Balaban J connectivity index is 2.35. The molecule has 2 heteroatoms. The number of fused-ring (bicyclic) bond motifs is 1. The second kappa shape index (κ2) is 6.35. The van der Waals surface area contributed by atoms with Crippen LogP contribution in [-0.4, -0.2) is 6.54 Å². The highest BCUT2D eigenvalue weighted by molar-refractivity contribution is 7.19. The molecule has 0 aliphatic heterocycles. The minimum absolute atomic E-state index is 1.03. The minimum atomic E-state index is 1.03. The molecule has 0 saturated carbocycles. The molecule has 0 unspecified atom stereocenters. The van der Waals surface area contributed by atoms with Gasteiger partial charge in [-0.3, -0.25) is 0 Å². The van der Waals surface area contributed by atoms with Gasteiger partial charge < -0.3 is 5.32 Å². The highest BCUT2D eigenvalue weighted by Crippen LogP contribution is 2.33. The monoisotopic (exact) mass is 261 g/mol. The molecule has 1 N–H and O–H groups in total. The summed E-state index contributed by atoms with van der Waals surface area (Å²) in [4.78, 5) is 1.53. The highest BCUT2D eigenvalue weighted by Gasteiger charge is 2.11. The fourth-order valence-corrected chi connectivity index (χ4v) is 3.56. The molecule has 0 aliphatic rings. The molecule has 0 radical (unpaired) electrons. The molecule has 18 heavy (non-hydrogen) atoms. The summed E-state index contributed by atoms with van der Waals surface area (Å²) in [6.45, 7) is 8.80. The van der Waals surface area contributed by atoms with Crippen LogP contribution in [0.2, 0.25) is 0 Å². The summed E-state index contributed by atoms with van der Waals surface area (Å²) in [5, 5.41) is 5.02. The molecular weight excluding hydrogens is 238 g/mol. The van der Waals surface area contributed by atoms with Crippen LogP contribution < -0.4 is 5.32 Å². The lowest BCUT2D eigenvalue weighted by Crippen LogP contribution is -2.13. The number of hydrogen-bond donors (Lipinski definition) is 1. The number of benzene rings is 1. The van der Waals surface area contributed by atoms with Crippen molar-refractivity contribution in [2.45, 2.75) is 46.6 Å². The molecule has 0 amide bonds. The number of hydrogen-bond acceptors (Lipinski definition) is 2. The molecule has 0 spiro atoms. The van der Waals surface area contributed by atoms with Gasteiger partial charge in [0.25, 0.3) is 0 Å². The maximum atomic E-state index is 3.54. The van der Waals surface area contributed by atoms with E-state index in [4.69, 9.17) is 0 Å². The van der Waals surface area contributed by atoms with Crippen LogP contribution in [0.1, 0.15) is 42.7 Å². The van der Waals surface area contributed by atoms with Crippen molar-refractivity contribution in [3.8, 4) is 0 Å². The molecule has 1 aromatic heterocycles. The summed E-state index contributed by atoms with van der Waals surface area (Å²) in [6, 6.07) is 6.84. The second-order valence-corrected chi connectivity index (χ2v) is 6.07. The first-order valence-corrected chi connectivity index (χ1v) is 7.79. The highest BCUT2D eigenvalue weighted by atomic mass is 32.1. The van der Waals surface area contributed by atoms with E-state index in [1.807, 2.05) is 11.3 Å². The largest absolute Gasteiger partial charge is 0.312 e. The number of rotatable bonds is 6. The van der Waals surface area contributed by atoms with Gasteiger partial charge in [-0.15, -0.1) is 11.3 Å². The van der Waals surface area contributed by atoms with Gasteiger partial charge in [-0.2, -0.15) is 0 Å². The molecule has 98 valence electrons. The average molecular weight is 261 g/mol. The first-order valence-electron chi connectivity index (χ1n) is 6.97. The summed E-state index contributed by atoms with van der Waals surface area (Å²) in [5.41, 5.74) is 2.94. The van der Waals surface area contributed by atoms with E-state index in [0.29, 0.717) is 0 Å². The minimum Gasteiger partial charge on any atom is -0.312 e. The predicted molar refractivity (Wildman–Crippen MR) is 82.6 cm³/mol. The fraction of sp³-hybridized carbons (Fsp3) is 0.500. The van der Waals surface area contributed by atoms with E-state index < -0.39 is 0 Å². The maximum absolute atomic E-state index is 3.54.